The van der Waals surface area contributed by atoms with E-state index in [-0.39, 0.29) is 10.6 Å². The van der Waals surface area contributed by atoms with E-state index in [0.29, 0.717) is 6.04 Å². The van der Waals surface area contributed by atoms with Crippen LogP contribution in [0.1, 0.15) is 30.0 Å². The molecule has 15 heavy (non-hydrogen) atoms. The van der Waals surface area contributed by atoms with E-state index in [1.54, 1.807) is 13.0 Å². The molecule has 0 unspecified atom stereocenters. The molecule has 0 aliphatic carbocycles. The van der Waals surface area contributed by atoms with Crippen molar-refractivity contribution in [1.82, 2.24) is 5.32 Å². The molecule has 0 radical (unpaired) electrons. The highest BCUT2D eigenvalue weighted by atomic mass is 16.6. The Balaban J connectivity index is 2.28. The Morgan fingerprint density at radius 2 is 2.33 bits per heavy atom. The quantitative estimate of drug-likeness (QED) is 0.596. The van der Waals surface area contributed by atoms with E-state index in [1.165, 1.54) is 6.42 Å². The Bertz CT molecular complexity index is 384. The van der Waals surface area contributed by atoms with Crippen molar-refractivity contribution in [3.63, 3.8) is 0 Å². The summed E-state index contributed by atoms with van der Waals surface area (Å²) in [7, 11) is 0. The maximum absolute atomic E-state index is 10.6. The molecule has 1 aromatic carbocycles. The minimum atomic E-state index is -0.332. The average Bonchev–Trinajstić information content (AvgIpc) is 2.69. The Labute approximate surface area is 88.5 Å². The van der Waals surface area contributed by atoms with Gasteiger partial charge in [0.2, 0.25) is 0 Å². The van der Waals surface area contributed by atoms with Crippen molar-refractivity contribution in [2.75, 3.05) is 6.54 Å². The maximum Gasteiger partial charge on any atom is 0.272 e. The lowest BCUT2D eigenvalue weighted by atomic mass is 10.0. The first-order valence-corrected chi connectivity index (χ1v) is 5.17. The summed E-state index contributed by atoms with van der Waals surface area (Å²) in [5.41, 5.74) is 2.11. The SMILES string of the molecule is Cc1cc([C@H]2CCCN2)ccc1[N+](=O)[O-]. The highest BCUT2D eigenvalue weighted by Crippen LogP contribution is 2.27. The van der Waals surface area contributed by atoms with Crippen molar-refractivity contribution < 1.29 is 4.92 Å². The fourth-order valence-corrected chi connectivity index (χ4v) is 2.07. The van der Waals surface area contributed by atoms with Gasteiger partial charge >= 0.3 is 0 Å². The molecule has 1 heterocycles. The Morgan fingerprint density at radius 1 is 1.53 bits per heavy atom. The van der Waals surface area contributed by atoms with Crippen LogP contribution in [0.4, 0.5) is 5.69 Å². The third-order valence-electron chi connectivity index (χ3n) is 2.88. The first-order chi connectivity index (χ1) is 7.18. The summed E-state index contributed by atoms with van der Waals surface area (Å²) >= 11 is 0. The fourth-order valence-electron chi connectivity index (χ4n) is 2.07. The average molecular weight is 206 g/mol. The predicted molar refractivity (Wildman–Crippen MR) is 57.8 cm³/mol. The summed E-state index contributed by atoms with van der Waals surface area (Å²) in [5, 5.41) is 14.0. The molecule has 4 heteroatoms. The van der Waals surface area contributed by atoms with Crippen LogP contribution in [-0.2, 0) is 0 Å². The number of nitro benzene ring substituents is 1. The molecule has 1 saturated heterocycles. The largest absolute Gasteiger partial charge is 0.310 e. The van der Waals surface area contributed by atoms with Gasteiger partial charge in [-0.15, -0.1) is 0 Å². The number of hydrogen-bond acceptors (Lipinski definition) is 3. The van der Waals surface area contributed by atoms with Gasteiger partial charge in [-0.1, -0.05) is 6.07 Å². The first-order valence-electron chi connectivity index (χ1n) is 5.17. The van der Waals surface area contributed by atoms with E-state index >= 15 is 0 Å². The predicted octanol–water partition coefficient (Wildman–Crippen LogP) is 2.33. The Kier molecular flexibility index (Phi) is 2.68. The standard InChI is InChI=1S/C11H14N2O2/c1-8-7-9(10-3-2-6-12-10)4-5-11(8)13(14)15/h4-5,7,10,12H,2-3,6H2,1H3/t10-/m1/s1. The Hall–Kier alpha value is -1.42. The van der Waals surface area contributed by atoms with Crippen molar-refractivity contribution in [1.29, 1.82) is 0 Å². The van der Waals surface area contributed by atoms with Crippen LogP contribution in [0, 0.1) is 17.0 Å². The van der Waals surface area contributed by atoms with Gasteiger partial charge in [0.15, 0.2) is 0 Å². The van der Waals surface area contributed by atoms with Crippen LogP contribution in [0.2, 0.25) is 0 Å². The van der Waals surface area contributed by atoms with Crippen molar-refractivity contribution >= 4 is 5.69 Å². The maximum atomic E-state index is 10.6. The monoisotopic (exact) mass is 206 g/mol. The molecule has 1 aliphatic rings. The second-order valence-electron chi connectivity index (χ2n) is 3.95. The minimum Gasteiger partial charge on any atom is -0.310 e. The van der Waals surface area contributed by atoms with Gasteiger partial charge in [0.05, 0.1) is 4.92 Å². The molecule has 1 atom stereocenters. The van der Waals surface area contributed by atoms with Crippen LogP contribution in [0.15, 0.2) is 18.2 Å². The number of nitro groups is 1. The van der Waals surface area contributed by atoms with Crippen molar-refractivity contribution in [3.05, 3.63) is 39.4 Å². The molecule has 0 bridgehead atoms. The third kappa shape index (κ3) is 1.99. The van der Waals surface area contributed by atoms with Crippen molar-refractivity contribution in [2.24, 2.45) is 0 Å². The molecule has 1 aromatic rings. The zero-order chi connectivity index (χ0) is 10.8. The smallest absolute Gasteiger partial charge is 0.272 e. The zero-order valence-corrected chi connectivity index (χ0v) is 8.69. The summed E-state index contributed by atoms with van der Waals surface area (Å²) in [4.78, 5) is 10.3. The fraction of sp³-hybridized carbons (Fsp3) is 0.455. The van der Waals surface area contributed by atoms with E-state index in [9.17, 15) is 10.1 Å². The van der Waals surface area contributed by atoms with Crippen LogP contribution in [-0.4, -0.2) is 11.5 Å². The molecule has 0 amide bonds. The Morgan fingerprint density at radius 3 is 2.87 bits per heavy atom. The number of nitrogens with one attached hydrogen (secondary N) is 1. The number of aryl methyl sites for hydroxylation is 1. The summed E-state index contributed by atoms with van der Waals surface area (Å²) in [6.07, 6.45) is 2.30. The number of rotatable bonds is 2. The molecule has 0 aromatic heterocycles. The zero-order valence-electron chi connectivity index (χ0n) is 8.69. The van der Waals surface area contributed by atoms with E-state index in [2.05, 4.69) is 5.32 Å². The van der Waals surface area contributed by atoms with Crippen LogP contribution < -0.4 is 5.32 Å². The van der Waals surface area contributed by atoms with E-state index in [4.69, 9.17) is 0 Å². The lowest BCUT2D eigenvalue weighted by Crippen LogP contribution is -2.12. The minimum absolute atomic E-state index is 0.205. The van der Waals surface area contributed by atoms with E-state index in [0.717, 1.165) is 24.1 Å². The van der Waals surface area contributed by atoms with Crippen LogP contribution in [0.5, 0.6) is 0 Å². The second-order valence-corrected chi connectivity index (χ2v) is 3.95. The normalized spacial score (nSPS) is 20.5. The molecular formula is C11H14N2O2. The molecule has 0 spiro atoms. The lowest BCUT2D eigenvalue weighted by Gasteiger charge is -2.10. The topological polar surface area (TPSA) is 55.2 Å². The molecule has 4 nitrogen and oxygen atoms in total. The third-order valence-corrected chi connectivity index (χ3v) is 2.88. The molecular weight excluding hydrogens is 192 g/mol. The van der Waals surface area contributed by atoms with Gasteiger partial charge in [-0.3, -0.25) is 10.1 Å². The molecule has 1 N–H and O–H groups in total. The highest BCUT2D eigenvalue weighted by Gasteiger charge is 2.18. The van der Waals surface area contributed by atoms with Gasteiger partial charge in [-0.2, -0.15) is 0 Å². The highest BCUT2D eigenvalue weighted by molar-refractivity contribution is 5.42. The summed E-state index contributed by atoms with van der Waals surface area (Å²) in [6, 6.07) is 5.75. The van der Waals surface area contributed by atoms with Gasteiger partial charge in [0.25, 0.3) is 5.69 Å². The van der Waals surface area contributed by atoms with E-state index in [1.807, 2.05) is 12.1 Å². The number of benzene rings is 1. The second kappa shape index (κ2) is 3.98. The molecule has 0 saturated carbocycles. The molecule has 2 rings (SSSR count). The number of nitrogens with zero attached hydrogens (tertiary/aromatic N) is 1. The van der Waals surface area contributed by atoms with Gasteiger partial charge in [-0.05, 0) is 37.9 Å². The van der Waals surface area contributed by atoms with Crippen LogP contribution >= 0.6 is 0 Å². The van der Waals surface area contributed by atoms with E-state index < -0.39 is 0 Å². The summed E-state index contributed by atoms with van der Waals surface area (Å²) in [5.74, 6) is 0. The van der Waals surface area contributed by atoms with Gasteiger partial charge in [-0.25, -0.2) is 0 Å². The van der Waals surface area contributed by atoms with Crippen LogP contribution in [0.25, 0.3) is 0 Å². The number of hydrogen-bond donors (Lipinski definition) is 1. The van der Waals surface area contributed by atoms with Crippen molar-refractivity contribution in [2.45, 2.75) is 25.8 Å². The van der Waals surface area contributed by atoms with Gasteiger partial charge in [0.1, 0.15) is 0 Å². The summed E-state index contributed by atoms with van der Waals surface area (Å²) < 4.78 is 0. The van der Waals surface area contributed by atoms with Gasteiger partial charge in [0, 0.05) is 17.7 Å². The van der Waals surface area contributed by atoms with Crippen LogP contribution in [0.3, 0.4) is 0 Å². The molecule has 80 valence electrons. The molecule has 1 fully saturated rings. The molecule has 1 aliphatic heterocycles. The van der Waals surface area contributed by atoms with Crippen molar-refractivity contribution in [3.8, 4) is 0 Å². The first kappa shape index (κ1) is 10.1. The lowest BCUT2D eigenvalue weighted by molar-refractivity contribution is -0.385. The summed E-state index contributed by atoms with van der Waals surface area (Å²) in [6.45, 7) is 2.83. The van der Waals surface area contributed by atoms with Gasteiger partial charge < -0.3 is 5.32 Å².